The Bertz CT molecular complexity index is 705. The van der Waals surface area contributed by atoms with Crippen LogP contribution in [-0.2, 0) is 19.4 Å². The maximum absolute atomic E-state index is 5.22. The smallest absolute Gasteiger partial charge is 0.240 e. The Morgan fingerprint density at radius 2 is 1.78 bits per heavy atom. The highest BCUT2D eigenvalue weighted by Gasteiger charge is 2.25. The molecule has 0 spiro atoms. The van der Waals surface area contributed by atoms with Gasteiger partial charge in [0, 0.05) is 37.4 Å². The van der Waals surface area contributed by atoms with Gasteiger partial charge in [0.1, 0.15) is 11.6 Å². The van der Waals surface area contributed by atoms with Gasteiger partial charge in [-0.05, 0) is 33.1 Å². The molecule has 4 rings (SSSR count). The zero-order chi connectivity index (χ0) is 15.8. The van der Waals surface area contributed by atoms with Gasteiger partial charge < -0.3 is 9.42 Å². The fourth-order valence-electron chi connectivity index (χ4n) is 3.51. The van der Waals surface area contributed by atoms with Crippen molar-refractivity contribution < 1.29 is 4.52 Å². The van der Waals surface area contributed by atoms with Gasteiger partial charge in [0.05, 0.1) is 6.54 Å². The molecule has 1 aliphatic carbocycles. The van der Waals surface area contributed by atoms with Crippen molar-refractivity contribution in [3.05, 3.63) is 28.8 Å². The number of hydrogen-bond acceptors (Lipinski definition) is 7. The van der Waals surface area contributed by atoms with Gasteiger partial charge in [0.25, 0.3) is 0 Å². The van der Waals surface area contributed by atoms with Crippen molar-refractivity contribution >= 4 is 5.82 Å². The number of anilines is 1. The van der Waals surface area contributed by atoms with E-state index in [1.807, 2.05) is 13.8 Å². The molecule has 2 aromatic heterocycles. The third-order valence-electron chi connectivity index (χ3n) is 4.62. The van der Waals surface area contributed by atoms with Crippen molar-refractivity contribution in [3.63, 3.8) is 0 Å². The quantitative estimate of drug-likeness (QED) is 0.845. The van der Waals surface area contributed by atoms with E-state index >= 15 is 0 Å². The van der Waals surface area contributed by atoms with E-state index in [-0.39, 0.29) is 0 Å². The summed E-state index contributed by atoms with van der Waals surface area (Å²) in [6.07, 6.45) is 3.42. The molecule has 0 atom stereocenters. The summed E-state index contributed by atoms with van der Waals surface area (Å²) in [5, 5.41) is 3.85. The number of nitrogens with zero attached hydrogens (tertiary/aromatic N) is 6. The first kappa shape index (κ1) is 14.6. The first-order chi connectivity index (χ1) is 11.2. The lowest BCUT2D eigenvalue weighted by atomic mass is 10.2. The molecule has 1 saturated heterocycles. The van der Waals surface area contributed by atoms with Crippen LogP contribution >= 0.6 is 0 Å². The Kier molecular flexibility index (Phi) is 3.72. The first-order valence-electron chi connectivity index (χ1n) is 8.32. The summed E-state index contributed by atoms with van der Waals surface area (Å²) < 4.78 is 5.22. The van der Waals surface area contributed by atoms with Gasteiger partial charge in [-0.25, -0.2) is 9.97 Å². The van der Waals surface area contributed by atoms with Gasteiger partial charge in [0.15, 0.2) is 5.82 Å². The SMILES string of the molecule is Cc1noc(CN2CCN(c3nc(C)nc4c3CCC4)CC2)n1. The summed E-state index contributed by atoms with van der Waals surface area (Å²) in [6, 6.07) is 0. The van der Waals surface area contributed by atoms with Crippen LogP contribution < -0.4 is 4.90 Å². The molecular formula is C16H22N6O. The van der Waals surface area contributed by atoms with Crippen molar-refractivity contribution in [2.45, 2.75) is 39.7 Å². The van der Waals surface area contributed by atoms with E-state index < -0.39 is 0 Å². The van der Waals surface area contributed by atoms with E-state index in [1.165, 1.54) is 23.5 Å². The van der Waals surface area contributed by atoms with Crippen molar-refractivity contribution in [1.82, 2.24) is 25.0 Å². The number of aryl methyl sites for hydroxylation is 3. The third kappa shape index (κ3) is 2.93. The monoisotopic (exact) mass is 314 g/mol. The van der Waals surface area contributed by atoms with Crippen LogP contribution in [0.1, 0.15) is 35.2 Å². The lowest BCUT2D eigenvalue weighted by molar-refractivity contribution is 0.215. The molecule has 23 heavy (non-hydrogen) atoms. The molecular weight excluding hydrogens is 292 g/mol. The number of hydrogen-bond donors (Lipinski definition) is 0. The van der Waals surface area contributed by atoms with Crippen molar-refractivity contribution in [2.24, 2.45) is 0 Å². The fraction of sp³-hybridized carbons (Fsp3) is 0.625. The van der Waals surface area contributed by atoms with Gasteiger partial charge in [-0.1, -0.05) is 5.16 Å². The van der Waals surface area contributed by atoms with Crippen LogP contribution in [0.25, 0.3) is 0 Å². The van der Waals surface area contributed by atoms with E-state index in [0.29, 0.717) is 11.7 Å². The van der Waals surface area contributed by atoms with Crippen LogP contribution in [0.4, 0.5) is 5.82 Å². The molecule has 0 aromatic carbocycles. The van der Waals surface area contributed by atoms with E-state index in [2.05, 4.69) is 24.9 Å². The van der Waals surface area contributed by atoms with E-state index in [1.54, 1.807) is 0 Å². The van der Waals surface area contributed by atoms with Crippen LogP contribution in [0.5, 0.6) is 0 Å². The van der Waals surface area contributed by atoms with Crippen molar-refractivity contribution in [3.8, 4) is 0 Å². The highest BCUT2D eigenvalue weighted by molar-refractivity contribution is 5.51. The lowest BCUT2D eigenvalue weighted by Crippen LogP contribution is -2.46. The van der Waals surface area contributed by atoms with E-state index in [0.717, 1.165) is 51.4 Å². The molecule has 122 valence electrons. The standard InChI is InChI=1S/C16H22N6O/c1-11-17-14-5-3-4-13(14)16(19-11)22-8-6-21(7-9-22)10-15-18-12(2)20-23-15/h3-10H2,1-2H3. The zero-order valence-electron chi connectivity index (χ0n) is 13.7. The topological polar surface area (TPSA) is 71.2 Å². The highest BCUT2D eigenvalue weighted by atomic mass is 16.5. The molecule has 0 unspecified atom stereocenters. The molecule has 0 amide bonds. The second-order valence-corrected chi connectivity index (χ2v) is 6.37. The number of aromatic nitrogens is 4. The molecule has 3 heterocycles. The minimum Gasteiger partial charge on any atom is -0.354 e. The molecule has 2 aromatic rings. The molecule has 1 fully saturated rings. The lowest BCUT2D eigenvalue weighted by Gasteiger charge is -2.35. The van der Waals surface area contributed by atoms with Gasteiger partial charge in [-0.2, -0.15) is 4.98 Å². The first-order valence-corrected chi connectivity index (χ1v) is 8.32. The maximum Gasteiger partial charge on any atom is 0.240 e. The summed E-state index contributed by atoms with van der Waals surface area (Å²) in [5.41, 5.74) is 2.63. The summed E-state index contributed by atoms with van der Waals surface area (Å²) in [7, 11) is 0. The second-order valence-electron chi connectivity index (χ2n) is 6.37. The minimum absolute atomic E-state index is 0.700. The highest BCUT2D eigenvalue weighted by Crippen LogP contribution is 2.29. The van der Waals surface area contributed by atoms with Crippen LogP contribution in [-0.4, -0.2) is 51.2 Å². The van der Waals surface area contributed by atoms with Crippen LogP contribution in [0.3, 0.4) is 0 Å². The van der Waals surface area contributed by atoms with E-state index in [9.17, 15) is 0 Å². The molecule has 0 bridgehead atoms. The average Bonchev–Trinajstić information content (AvgIpc) is 3.16. The third-order valence-corrected chi connectivity index (χ3v) is 4.62. The van der Waals surface area contributed by atoms with Gasteiger partial charge in [-0.15, -0.1) is 0 Å². The zero-order valence-corrected chi connectivity index (χ0v) is 13.7. The second kappa shape index (κ2) is 5.88. The molecule has 7 nitrogen and oxygen atoms in total. The molecule has 7 heteroatoms. The van der Waals surface area contributed by atoms with Gasteiger partial charge >= 0.3 is 0 Å². The molecule has 2 aliphatic rings. The Morgan fingerprint density at radius 1 is 0.957 bits per heavy atom. The number of rotatable bonds is 3. The maximum atomic E-state index is 5.22. The molecule has 0 radical (unpaired) electrons. The molecule has 1 aliphatic heterocycles. The summed E-state index contributed by atoms with van der Waals surface area (Å²) in [6.45, 7) is 8.51. The molecule has 0 N–H and O–H groups in total. The number of piperazine rings is 1. The van der Waals surface area contributed by atoms with Crippen LogP contribution in [0.15, 0.2) is 4.52 Å². The predicted molar refractivity (Wildman–Crippen MR) is 85.3 cm³/mol. The largest absolute Gasteiger partial charge is 0.354 e. The van der Waals surface area contributed by atoms with Crippen LogP contribution in [0, 0.1) is 13.8 Å². The molecule has 0 saturated carbocycles. The van der Waals surface area contributed by atoms with Crippen molar-refractivity contribution in [2.75, 3.05) is 31.1 Å². The predicted octanol–water partition coefficient (Wildman–Crippen LogP) is 1.29. The summed E-state index contributed by atoms with van der Waals surface area (Å²) in [5.74, 6) is 3.46. The Hall–Kier alpha value is -2.02. The number of fused-ring (bicyclic) bond motifs is 1. The van der Waals surface area contributed by atoms with Gasteiger partial charge in [-0.3, -0.25) is 4.90 Å². The average molecular weight is 314 g/mol. The normalized spacial score (nSPS) is 18.4. The minimum atomic E-state index is 0.700. The Morgan fingerprint density at radius 3 is 2.52 bits per heavy atom. The Balaban J connectivity index is 1.44. The Labute approximate surface area is 135 Å². The summed E-state index contributed by atoms with van der Waals surface area (Å²) in [4.78, 5) is 18.4. The summed E-state index contributed by atoms with van der Waals surface area (Å²) >= 11 is 0. The van der Waals surface area contributed by atoms with Crippen molar-refractivity contribution in [1.29, 1.82) is 0 Å². The van der Waals surface area contributed by atoms with Gasteiger partial charge in [0.2, 0.25) is 5.89 Å². The fourth-order valence-corrected chi connectivity index (χ4v) is 3.51. The van der Waals surface area contributed by atoms with E-state index in [4.69, 9.17) is 9.51 Å². The van der Waals surface area contributed by atoms with Crippen LogP contribution in [0.2, 0.25) is 0 Å².